The van der Waals surface area contributed by atoms with Crippen LogP contribution in [0, 0.1) is 29.1 Å². The fraction of sp³-hybridized carbons (Fsp3) is 0.100. The van der Waals surface area contributed by atoms with Crippen LogP contribution in [0.1, 0.15) is 17.5 Å². The van der Waals surface area contributed by atoms with Crippen LogP contribution in [-0.4, -0.2) is 27.1 Å². The van der Waals surface area contributed by atoms with E-state index in [0.29, 0.717) is 12.5 Å². The van der Waals surface area contributed by atoms with E-state index in [0.717, 1.165) is 16.5 Å². The number of para-hydroxylation sites is 1. The molecule has 30 heavy (non-hydrogen) atoms. The van der Waals surface area contributed by atoms with Gasteiger partial charge in [-0.15, -0.1) is 0 Å². The lowest BCUT2D eigenvalue weighted by molar-refractivity contribution is -0.137. The van der Waals surface area contributed by atoms with Crippen LogP contribution in [-0.2, 0) is 16.0 Å². The minimum absolute atomic E-state index is 0.182. The van der Waals surface area contributed by atoms with E-state index in [9.17, 15) is 31.5 Å². The molecule has 5 nitrogen and oxygen atoms in total. The average molecular weight is 427 g/mol. The van der Waals surface area contributed by atoms with E-state index < -0.39 is 46.6 Å². The number of aromatic nitrogens is 1. The monoisotopic (exact) mass is 427 g/mol. The first-order valence-electron chi connectivity index (χ1n) is 8.32. The number of halogens is 5. The Morgan fingerprint density at radius 3 is 2.03 bits per heavy atom. The molecule has 0 saturated carbocycles. The van der Waals surface area contributed by atoms with Crippen LogP contribution in [0.3, 0.4) is 0 Å². The molecular weight excluding hydrogens is 413 g/mol. The molecule has 0 aliphatic heterocycles. The number of H-pyrrole nitrogens is 1. The van der Waals surface area contributed by atoms with Crippen molar-refractivity contribution in [3.05, 3.63) is 76.8 Å². The summed E-state index contributed by atoms with van der Waals surface area (Å²) in [7, 11) is 0. The fourth-order valence-electron chi connectivity index (χ4n) is 2.50. The lowest BCUT2D eigenvalue weighted by atomic mass is 10.1. The van der Waals surface area contributed by atoms with Crippen molar-refractivity contribution in [1.82, 2.24) is 4.98 Å². The Labute approximate surface area is 166 Å². The largest absolute Gasteiger partial charge is 0.481 e. The third-order valence-electron chi connectivity index (χ3n) is 3.92. The van der Waals surface area contributed by atoms with Crippen LogP contribution in [0.4, 0.5) is 22.0 Å². The molecule has 1 aromatic heterocycles. The first-order chi connectivity index (χ1) is 14.1. The molecule has 0 spiro atoms. The molecule has 158 valence electrons. The van der Waals surface area contributed by atoms with Crippen molar-refractivity contribution in [2.75, 3.05) is 0 Å². The summed E-state index contributed by atoms with van der Waals surface area (Å²) >= 11 is 0. The van der Waals surface area contributed by atoms with Crippen molar-refractivity contribution >= 4 is 28.9 Å². The number of aryl methyl sites for hydroxylation is 1. The van der Waals surface area contributed by atoms with E-state index >= 15 is 0 Å². The van der Waals surface area contributed by atoms with Crippen molar-refractivity contribution in [2.24, 2.45) is 0 Å². The van der Waals surface area contributed by atoms with Crippen molar-refractivity contribution in [2.45, 2.75) is 12.8 Å². The van der Waals surface area contributed by atoms with Crippen LogP contribution >= 0.6 is 0 Å². The number of rotatable bonds is 5. The molecule has 1 heterocycles. The number of fused-ring (bicyclic) bond motifs is 1. The van der Waals surface area contributed by atoms with E-state index in [-0.39, 0.29) is 12.5 Å². The molecule has 0 atom stereocenters. The molecule has 10 heteroatoms. The van der Waals surface area contributed by atoms with Gasteiger partial charge in [0.15, 0.2) is 23.3 Å². The van der Waals surface area contributed by atoms with Crippen LogP contribution in [0.5, 0.6) is 0 Å². The molecule has 0 aliphatic carbocycles. The summed E-state index contributed by atoms with van der Waals surface area (Å²) in [5.74, 6) is -13.0. The summed E-state index contributed by atoms with van der Waals surface area (Å²) in [6, 6.07) is 7.91. The highest BCUT2D eigenvalue weighted by Crippen LogP contribution is 2.24. The SMILES string of the molecule is O=C(O)/C=C/c1c(F)c(F)c(F)c(F)c1F.O=C(O)CCc1c[nH]c2ccccc12. The van der Waals surface area contributed by atoms with Crippen LogP contribution in [0.2, 0.25) is 0 Å². The third kappa shape index (κ3) is 5.22. The zero-order valence-corrected chi connectivity index (χ0v) is 15.1. The minimum Gasteiger partial charge on any atom is -0.481 e. The average Bonchev–Trinajstić information content (AvgIpc) is 3.13. The zero-order chi connectivity index (χ0) is 22.4. The Hall–Kier alpha value is -3.69. The van der Waals surface area contributed by atoms with Crippen molar-refractivity contribution in [1.29, 1.82) is 0 Å². The Balaban J connectivity index is 0.000000215. The van der Waals surface area contributed by atoms with Gasteiger partial charge < -0.3 is 15.2 Å². The number of carboxylic acids is 2. The summed E-state index contributed by atoms with van der Waals surface area (Å²) in [5, 5.41) is 17.8. The van der Waals surface area contributed by atoms with Crippen LogP contribution < -0.4 is 0 Å². The minimum atomic E-state index is -2.29. The summed E-state index contributed by atoms with van der Waals surface area (Å²) < 4.78 is 63.5. The predicted molar refractivity (Wildman–Crippen MR) is 97.2 cm³/mol. The molecule has 0 unspecified atom stereocenters. The van der Waals surface area contributed by atoms with Crippen molar-refractivity contribution in [3.63, 3.8) is 0 Å². The van der Waals surface area contributed by atoms with Gasteiger partial charge in [-0.05, 0) is 24.1 Å². The first kappa shape index (κ1) is 22.6. The van der Waals surface area contributed by atoms with E-state index in [1.165, 1.54) is 0 Å². The quantitative estimate of drug-likeness (QED) is 0.239. The molecular formula is C20H14F5NO4. The van der Waals surface area contributed by atoms with E-state index in [4.69, 9.17) is 10.2 Å². The number of hydrogen-bond acceptors (Lipinski definition) is 2. The lowest BCUT2D eigenvalue weighted by Crippen LogP contribution is -2.04. The number of nitrogens with one attached hydrogen (secondary N) is 1. The summed E-state index contributed by atoms with van der Waals surface area (Å²) in [6.45, 7) is 0. The second-order valence-electron chi connectivity index (χ2n) is 5.91. The molecule has 0 aliphatic rings. The summed E-state index contributed by atoms with van der Waals surface area (Å²) in [6.07, 6.45) is 3.20. The molecule has 0 amide bonds. The molecule has 0 fully saturated rings. The molecule has 2 aromatic carbocycles. The smallest absolute Gasteiger partial charge is 0.328 e. The summed E-state index contributed by atoms with van der Waals surface area (Å²) in [5.41, 5.74) is 0.842. The van der Waals surface area contributed by atoms with Gasteiger partial charge >= 0.3 is 11.9 Å². The Bertz CT molecular complexity index is 1090. The van der Waals surface area contributed by atoms with E-state index in [2.05, 4.69) is 4.98 Å². The van der Waals surface area contributed by atoms with Gasteiger partial charge in [0, 0.05) is 29.6 Å². The Morgan fingerprint density at radius 1 is 0.900 bits per heavy atom. The van der Waals surface area contributed by atoms with E-state index in [1.54, 1.807) is 0 Å². The van der Waals surface area contributed by atoms with Gasteiger partial charge in [0.1, 0.15) is 0 Å². The maximum Gasteiger partial charge on any atom is 0.328 e. The topological polar surface area (TPSA) is 90.4 Å². The zero-order valence-electron chi connectivity index (χ0n) is 15.1. The maximum absolute atomic E-state index is 12.9. The summed E-state index contributed by atoms with van der Waals surface area (Å²) in [4.78, 5) is 23.6. The molecule has 0 bridgehead atoms. The van der Waals surface area contributed by atoms with Gasteiger partial charge in [0.2, 0.25) is 5.82 Å². The highest BCUT2D eigenvalue weighted by molar-refractivity contribution is 5.85. The van der Waals surface area contributed by atoms with Gasteiger partial charge in [-0.1, -0.05) is 18.2 Å². The van der Waals surface area contributed by atoms with Crippen molar-refractivity contribution < 1.29 is 41.8 Å². The Kier molecular flexibility index (Phi) is 7.29. The second kappa shape index (κ2) is 9.68. The number of hydrogen-bond donors (Lipinski definition) is 3. The lowest BCUT2D eigenvalue weighted by Gasteiger charge is -2.03. The number of carboxylic acid groups (broad SMARTS) is 2. The normalized spacial score (nSPS) is 10.8. The molecule has 0 radical (unpaired) electrons. The molecule has 0 saturated heterocycles. The van der Waals surface area contributed by atoms with E-state index in [1.807, 2.05) is 30.5 Å². The highest BCUT2D eigenvalue weighted by Gasteiger charge is 2.24. The number of carbonyl (C=O) groups is 2. The predicted octanol–water partition coefficient (Wildman–Crippen LogP) is 4.67. The molecule has 3 rings (SSSR count). The maximum atomic E-state index is 12.9. The second-order valence-corrected chi connectivity index (χ2v) is 5.91. The molecule has 3 aromatic rings. The number of benzene rings is 2. The van der Waals surface area contributed by atoms with Crippen LogP contribution in [0.25, 0.3) is 17.0 Å². The van der Waals surface area contributed by atoms with Gasteiger partial charge in [0.25, 0.3) is 0 Å². The number of aromatic amines is 1. The fourth-order valence-corrected chi connectivity index (χ4v) is 2.50. The van der Waals surface area contributed by atoms with Gasteiger partial charge in [-0.3, -0.25) is 4.79 Å². The van der Waals surface area contributed by atoms with Crippen molar-refractivity contribution in [3.8, 4) is 0 Å². The standard InChI is InChI=1S/C11H11NO2.C9H3F5O2/c13-11(14)6-5-8-7-12-10-4-2-1-3-9(8)10;10-5-3(1-2-4(15)16)6(11)8(13)9(14)7(5)12/h1-4,7,12H,5-6H2,(H,13,14);1-2H,(H,15,16)/b;2-1+. The van der Waals surface area contributed by atoms with Gasteiger partial charge in [-0.25, -0.2) is 26.7 Å². The highest BCUT2D eigenvalue weighted by atomic mass is 19.2. The van der Waals surface area contributed by atoms with Gasteiger partial charge in [-0.2, -0.15) is 0 Å². The first-order valence-corrected chi connectivity index (χ1v) is 8.32. The molecule has 3 N–H and O–H groups in total. The van der Waals surface area contributed by atoms with Gasteiger partial charge in [0.05, 0.1) is 5.56 Å². The number of aliphatic carboxylic acids is 2. The Morgan fingerprint density at radius 2 is 1.47 bits per heavy atom. The third-order valence-corrected chi connectivity index (χ3v) is 3.92. The van der Waals surface area contributed by atoms with Crippen LogP contribution in [0.15, 0.2) is 36.5 Å².